The summed E-state index contributed by atoms with van der Waals surface area (Å²) in [5.74, 6) is 0. The molecule has 1 rings (SSSR count). The molecule has 16 heavy (non-hydrogen) atoms. The van der Waals surface area contributed by atoms with Gasteiger partial charge in [0.05, 0.1) is 19.1 Å². The predicted octanol–water partition coefficient (Wildman–Crippen LogP) is 3.96. The molecular formula is C14H22O2. The maximum atomic E-state index is 5.43. The maximum Gasteiger partial charge on any atom is 0.105 e. The van der Waals surface area contributed by atoms with Crippen LogP contribution in [0.15, 0.2) is 35.8 Å². The zero-order chi connectivity index (χ0) is 11.6. The van der Waals surface area contributed by atoms with Crippen molar-refractivity contribution < 1.29 is 9.47 Å². The van der Waals surface area contributed by atoms with Crippen molar-refractivity contribution in [2.24, 2.45) is 0 Å². The molecule has 2 heteroatoms. The lowest BCUT2D eigenvalue weighted by Gasteiger charge is -2.16. The number of rotatable bonds is 5. The number of ether oxygens (including phenoxy) is 2. The highest BCUT2D eigenvalue weighted by molar-refractivity contribution is 5.13. The second-order valence-corrected chi connectivity index (χ2v) is 3.91. The Bertz CT molecular complexity index is 262. The minimum atomic E-state index is 0.682. The van der Waals surface area contributed by atoms with Crippen LogP contribution in [0.1, 0.15) is 39.5 Å². The quantitative estimate of drug-likeness (QED) is 0.398. The highest BCUT2D eigenvalue weighted by atomic mass is 16.5. The van der Waals surface area contributed by atoms with Crippen LogP contribution in [0.2, 0.25) is 0 Å². The third kappa shape index (κ3) is 5.06. The van der Waals surface area contributed by atoms with Crippen LogP contribution in [-0.2, 0) is 9.47 Å². The van der Waals surface area contributed by atoms with Crippen LogP contribution in [-0.4, -0.2) is 13.2 Å². The van der Waals surface area contributed by atoms with E-state index in [-0.39, 0.29) is 0 Å². The molecule has 2 nitrogen and oxygen atoms in total. The van der Waals surface area contributed by atoms with Crippen molar-refractivity contribution in [1.29, 1.82) is 0 Å². The van der Waals surface area contributed by atoms with Gasteiger partial charge in [0, 0.05) is 0 Å². The fourth-order valence-corrected chi connectivity index (χ4v) is 1.65. The summed E-state index contributed by atoms with van der Waals surface area (Å²) >= 11 is 0. The van der Waals surface area contributed by atoms with Gasteiger partial charge in [-0.15, -0.1) is 0 Å². The third-order valence-electron chi connectivity index (χ3n) is 2.63. The molecule has 0 atom stereocenters. The molecule has 0 amide bonds. The average Bonchev–Trinajstić information content (AvgIpc) is 2.33. The fraction of sp³-hybridized carbons (Fsp3) is 0.571. The Morgan fingerprint density at radius 3 is 2.06 bits per heavy atom. The molecule has 0 saturated heterocycles. The smallest absolute Gasteiger partial charge is 0.105 e. The van der Waals surface area contributed by atoms with Gasteiger partial charge in [0.15, 0.2) is 0 Å². The van der Waals surface area contributed by atoms with Gasteiger partial charge in [-0.2, -0.15) is 0 Å². The first-order valence-corrected chi connectivity index (χ1v) is 6.07. The highest BCUT2D eigenvalue weighted by Gasteiger charge is 2.10. The van der Waals surface area contributed by atoms with Gasteiger partial charge in [-0.1, -0.05) is 12.2 Å². The first-order valence-electron chi connectivity index (χ1n) is 6.07. The summed E-state index contributed by atoms with van der Waals surface area (Å²) in [4.78, 5) is 0. The van der Waals surface area contributed by atoms with E-state index in [2.05, 4.69) is 0 Å². The summed E-state index contributed by atoms with van der Waals surface area (Å²) < 4.78 is 10.7. The van der Waals surface area contributed by atoms with Gasteiger partial charge >= 0.3 is 0 Å². The lowest BCUT2D eigenvalue weighted by atomic mass is 9.92. The van der Waals surface area contributed by atoms with Crippen LogP contribution in [0.3, 0.4) is 0 Å². The zero-order valence-corrected chi connectivity index (χ0v) is 10.4. The summed E-state index contributed by atoms with van der Waals surface area (Å²) in [5.41, 5.74) is 2.84. The molecule has 0 radical (unpaired) electrons. The van der Waals surface area contributed by atoms with Gasteiger partial charge in [-0.25, -0.2) is 0 Å². The summed E-state index contributed by atoms with van der Waals surface area (Å²) in [6, 6.07) is 0. The van der Waals surface area contributed by atoms with Crippen LogP contribution in [0, 0.1) is 0 Å². The Labute approximate surface area is 98.6 Å². The molecule has 0 heterocycles. The van der Waals surface area contributed by atoms with E-state index in [1.165, 1.54) is 11.1 Å². The van der Waals surface area contributed by atoms with Crippen LogP contribution in [0.5, 0.6) is 0 Å². The molecule has 0 aromatic heterocycles. The van der Waals surface area contributed by atoms with E-state index in [9.17, 15) is 0 Å². The van der Waals surface area contributed by atoms with E-state index in [0.717, 1.165) is 32.3 Å². The van der Waals surface area contributed by atoms with Crippen molar-refractivity contribution in [1.82, 2.24) is 0 Å². The number of hydrogen-bond acceptors (Lipinski definition) is 2. The van der Waals surface area contributed by atoms with E-state index in [4.69, 9.17) is 9.47 Å². The topological polar surface area (TPSA) is 18.5 Å². The summed E-state index contributed by atoms with van der Waals surface area (Å²) in [7, 11) is 0. The average molecular weight is 222 g/mol. The Hall–Kier alpha value is -1.18. The largest absolute Gasteiger partial charge is 0.502 e. The molecule has 0 aromatic carbocycles. The van der Waals surface area contributed by atoms with E-state index >= 15 is 0 Å². The second-order valence-electron chi connectivity index (χ2n) is 3.91. The molecule has 0 unspecified atom stereocenters. The van der Waals surface area contributed by atoms with Crippen LogP contribution in [0.4, 0.5) is 0 Å². The van der Waals surface area contributed by atoms with Gasteiger partial charge in [-0.05, 0) is 50.7 Å². The molecule has 0 aromatic rings. The third-order valence-corrected chi connectivity index (χ3v) is 2.63. The van der Waals surface area contributed by atoms with Crippen LogP contribution < -0.4 is 0 Å². The van der Waals surface area contributed by atoms with E-state index in [1.807, 2.05) is 38.5 Å². The fourth-order valence-electron chi connectivity index (χ4n) is 1.65. The van der Waals surface area contributed by atoms with Gasteiger partial charge < -0.3 is 9.47 Å². The molecule has 0 aliphatic heterocycles. The Morgan fingerprint density at radius 1 is 1.00 bits per heavy atom. The summed E-state index contributed by atoms with van der Waals surface area (Å²) in [6.45, 7) is 5.46. The summed E-state index contributed by atoms with van der Waals surface area (Å²) in [6.07, 6.45) is 12.3. The molecule has 1 aliphatic rings. The van der Waals surface area contributed by atoms with Crippen LogP contribution in [0.25, 0.3) is 0 Å². The van der Waals surface area contributed by atoms with Gasteiger partial charge in [0.2, 0.25) is 0 Å². The van der Waals surface area contributed by atoms with E-state index in [1.54, 1.807) is 0 Å². The minimum Gasteiger partial charge on any atom is -0.502 e. The molecule has 0 bridgehead atoms. The second kappa shape index (κ2) is 8.03. The van der Waals surface area contributed by atoms with Crippen molar-refractivity contribution in [2.45, 2.75) is 39.5 Å². The summed E-state index contributed by atoms with van der Waals surface area (Å²) in [5, 5.41) is 0. The molecule has 0 N–H and O–H groups in total. The molecule has 1 fully saturated rings. The highest BCUT2D eigenvalue weighted by Crippen LogP contribution is 2.27. The van der Waals surface area contributed by atoms with E-state index in [0.29, 0.717) is 6.61 Å². The van der Waals surface area contributed by atoms with Gasteiger partial charge in [0.25, 0.3) is 0 Å². The number of hydrogen-bond donors (Lipinski definition) is 0. The predicted molar refractivity (Wildman–Crippen MR) is 67.0 cm³/mol. The first kappa shape index (κ1) is 12.9. The molecular weight excluding hydrogens is 200 g/mol. The standard InChI is InChI=1S/C14H22O2/c1-3-5-10-16-12-14-8-6-13(7-9-14)11-15-4-2/h3,5,11-12H,4,6-10H2,1-2H3. The van der Waals surface area contributed by atoms with Gasteiger partial charge in [-0.3, -0.25) is 0 Å². The molecule has 1 saturated carbocycles. The monoisotopic (exact) mass is 222 g/mol. The minimum absolute atomic E-state index is 0.682. The SMILES string of the molecule is CC=CCOC=C1CCC(=COCC)CC1. The molecule has 90 valence electrons. The van der Waals surface area contributed by atoms with Crippen molar-refractivity contribution in [2.75, 3.05) is 13.2 Å². The van der Waals surface area contributed by atoms with Crippen molar-refractivity contribution >= 4 is 0 Å². The van der Waals surface area contributed by atoms with Crippen LogP contribution >= 0.6 is 0 Å². The first-order chi connectivity index (χ1) is 7.86. The Kier molecular flexibility index (Phi) is 6.47. The number of allylic oxidation sites excluding steroid dienone is 3. The molecule has 0 spiro atoms. The Balaban J connectivity index is 2.25. The lowest BCUT2D eigenvalue weighted by molar-refractivity contribution is 0.262. The molecule has 1 aliphatic carbocycles. The normalized spacial score (nSPS) is 16.4. The van der Waals surface area contributed by atoms with E-state index < -0.39 is 0 Å². The maximum absolute atomic E-state index is 5.43. The lowest BCUT2D eigenvalue weighted by Crippen LogP contribution is -1.99. The Morgan fingerprint density at radius 2 is 1.56 bits per heavy atom. The van der Waals surface area contributed by atoms with Crippen molar-refractivity contribution in [3.63, 3.8) is 0 Å². The van der Waals surface area contributed by atoms with Crippen molar-refractivity contribution in [3.8, 4) is 0 Å². The van der Waals surface area contributed by atoms with Crippen molar-refractivity contribution in [3.05, 3.63) is 35.8 Å². The van der Waals surface area contributed by atoms with Gasteiger partial charge in [0.1, 0.15) is 6.61 Å². The zero-order valence-electron chi connectivity index (χ0n) is 10.4.